The topological polar surface area (TPSA) is 45.6 Å². The number of morpholine rings is 1. The Morgan fingerprint density at radius 2 is 2.00 bits per heavy atom. The van der Waals surface area contributed by atoms with Gasteiger partial charge in [0.2, 0.25) is 0 Å². The van der Waals surface area contributed by atoms with Crippen molar-refractivity contribution in [2.75, 3.05) is 39.4 Å². The summed E-state index contributed by atoms with van der Waals surface area (Å²) in [6, 6.07) is 10.6. The van der Waals surface area contributed by atoms with E-state index in [0.29, 0.717) is 0 Å². The molecule has 6 nitrogen and oxygen atoms in total. The zero-order valence-corrected chi connectivity index (χ0v) is 16.8. The Bertz CT molecular complexity index is 787. The second kappa shape index (κ2) is 7.96. The molecule has 2 atom stereocenters. The zero-order valence-electron chi connectivity index (χ0n) is 16.0. The van der Waals surface area contributed by atoms with Gasteiger partial charge in [-0.3, -0.25) is 9.88 Å². The first-order chi connectivity index (χ1) is 13.1. The molecule has 0 aromatic carbocycles. The molecular weight excluding hydrogens is 358 g/mol. The van der Waals surface area contributed by atoms with Crippen LogP contribution in [0.25, 0.3) is 0 Å². The molecule has 7 heteroatoms. The number of thiocarbonyl (C=S) groups is 1. The van der Waals surface area contributed by atoms with Gasteiger partial charge in [0.1, 0.15) is 0 Å². The smallest absolute Gasteiger partial charge is 0.170 e. The molecule has 0 aliphatic carbocycles. The molecule has 0 unspecified atom stereocenters. The normalized spacial score (nSPS) is 23.6. The van der Waals surface area contributed by atoms with Crippen LogP contribution in [-0.2, 0) is 11.8 Å². The predicted molar refractivity (Wildman–Crippen MR) is 110 cm³/mol. The first kappa shape index (κ1) is 18.4. The van der Waals surface area contributed by atoms with E-state index < -0.39 is 0 Å². The van der Waals surface area contributed by atoms with E-state index in [1.165, 1.54) is 11.4 Å². The summed E-state index contributed by atoms with van der Waals surface area (Å²) in [4.78, 5) is 9.39. The highest BCUT2D eigenvalue weighted by atomic mass is 32.1. The molecule has 4 heterocycles. The molecule has 2 aliphatic rings. The number of hydrogen-bond donors (Lipinski definition) is 1. The van der Waals surface area contributed by atoms with Gasteiger partial charge in [0.05, 0.1) is 31.0 Å². The van der Waals surface area contributed by atoms with E-state index in [2.05, 4.69) is 56.8 Å². The molecule has 2 aromatic heterocycles. The van der Waals surface area contributed by atoms with Gasteiger partial charge >= 0.3 is 0 Å². The molecule has 0 spiro atoms. The van der Waals surface area contributed by atoms with Crippen LogP contribution in [0.2, 0.25) is 0 Å². The third-order valence-electron chi connectivity index (χ3n) is 5.67. The number of aromatic nitrogens is 2. The van der Waals surface area contributed by atoms with Crippen molar-refractivity contribution in [1.82, 2.24) is 24.7 Å². The number of nitrogens with zero attached hydrogens (tertiary/aromatic N) is 4. The fraction of sp³-hybridized carbons (Fsp3) is 0.500. The van der Waals surface area contributed by atoms with Crippen LogP contribution in [0.4, 0.5) is 0 Å². The molecule has 2 saturated heterocycles. The van der Waals surface area contributed by atoms with E-state index in [1.807, 2.05) is 18.3 Å². The van der Waals surface area contributed by atoms with Crippen LogP contribution in [0.3, 0.4) is 0 Å². The Labute approximate surface area is 166 Å². The van der Waals surface area contributed by atoms with Gasteiger partial charge in [0.15, 0.2) is 5.11 Å². The zero-order chi connectivity index (χ0) is 18.8. The largest absolute Gasteiger partial charge is 0.379 e. The maximum Gasteiger partial charge on any atom is 0.170 e. The average molecular weight is 386 g/mol. The van der Waals surface area contributed by atoms with Crippen molar-refractivity contribution in [3.8, 4) is 0 Å². The Morgan fingerprint density at radius 1 is 1.19 bits per heavy atom. The van der Waals surface area contributed by atoms with Crippen LogP contribution in [0.5, 0.6) is 0 Å². The van der Waals surface area contributed by atoms with Gasteiger partial charge in [-0.1, -0.05) is 6.07 Å². The predicted octanol–water partition coefficient (Wildman–Crippen LogP) is 2.03. The van der Waals surface area contributed by atoms with Crippen molar-refractivity contribution in [2.45, 2.75) is 19.0 Å². The summed E-state index contributed by atoms with van der Waals surface area (Å²) in [6.45, 7) is 7.64. The minimum atomic E-state index is 0.0522. The van der Waals surface area contributed by atoms with Crippen molar-refractivity contribution < 1.29 is 4.74 Å². The monoisotopic (exact) mass is 385 g/mol. The summed E-state index contributed by atoms with van der Waals surface area (Å²) in [6.07, 6.45) is 1.85. The molecule has 0 saturated carbocycles. The van der Waals surface area contributed by atoms with Crippen LogP contribution in [-0.4, -0.2) is 63.9 Å². The Hall–Kier alpha value is -1.96. The van der Waals surface area contributed by atoms with Gasteiger partial charge in [-0.25, -0.2) is 0 Å². The third kappa shape index (κ3) is 3.72. The summed E-state index contributed by atoms with van der Waals surface area (Å²) in [7, 11) is 2.13. The minimum Gasteiger partial charge on any atom is -0.379 e. The van der Waals surface area contributed by atoms with E-state index in [0.717, 1.165) is 50.2 Å². The van der Waals surface area contributed by atoms with Crippen molar-refractivity contribution in [3.63, 3.8) is 0 Å². The SMILES string of the molecule is Cc1ccc([C@H]2[C@@H](c3ccccn3)NC(=S)N2CCN2CCOCC2)n1C. The lowest BCUT2D eigenvalue weighted by Gasteiger charge is -2.32. The molecule has 1 N–H and O–H groups in total. The highest BCUT2D eigenvalue weighted by Crippen LogP contribution is 2.38. The second-order valence-corrected chi connectivity index (χ2v) is 7.62. The Balaban J connectivity index is 1.61. The van der Waals surface area contributed by atoms with Crippen molar-refractivity contribution in [3.05, 3.63) is 53.6 Å². The summed E-state index contributed by atoms with van der Waals surface area (Å²) in [5, 5.41) is 4.34. The van der Waals surface area contributed by atoms with Gasteiger partial charge in [0.25, 0.3) is 0 Å². The molecule has 0 bridgehead atoms. The molecule has 0 amide bonds. The van der Waals surface area contributed by atoms with Gasteiger partial charge in [-0.15, -0.1) is 0 Å². The molecule has 2 aromatic rings. The molecule has 2 fully saturated rings. The number of rotatable bonds is 5. The standard InChI is InChI=1S/C20H27N5OS/c1-15-6-7-17(23(15)2)19-18(16-5-3-4-8-21-16)22-20(27)25(19)10-9-24-11-13-26-14-12-24/h3-8,18-19H,9-14H2,1-2H3,(H,22,27)/t18-,19+/m1/s1. The maximum absolute atomic E-state index is 5.75. The van der Waals surface area contributed by atoms with Crippen LogP contribution < -0.4 is 5.32 Å². The number of aryl methyl sites for hydroxylation is 1. The molecule has 0 radical (unpaired) electrons. The van der Waals surface area contributed by atoms with Crippen LogP contribution in [0, 0.1) is 6.92 Å². The van der Waals surface area contributed by atoms with Gasteiger partial charge < -0.3 is 19.5 Å². The second-order valence-electron chi connectivity index (χ2n) is 7.23. The molecule has 144 valence electrons. The first-order valence-corrected chi connectivity index (χ1v) is 9.96. The summed E-state index contributed by atoms with van der Waals surface area (Å²) in [5.74, 6) is 0. The van der Waals surface area contributed by atoms with E-state index in [1.54, 1.807) is 0 Å². The highest BCUT2D eigenvalue weighted by Gasteiger charge is 2.41. The van der Waals surface area contributed by atoms with Gasteiger partial charge in [0, 0.05) is 50.8 Å². The molecular formula is C20H27N5OS. The summed E-state index contributed by atoms with van der Waals surface area (Å²) in [5.41, 5.74) is 3.53. The van der Waals surface area contributed by atoms with Crippen molar-refractivity contribution >= 4 is 17.3 Å². The lowest BCUT2D eigenvalue weighted by atomic mass is 10.0. The number of hydrogen-bond acceptors (Lipinski definition) is 4. The highest BCUT2D eigenvalue weighted by molar-refractivity contribution is 7.80. The van der Waals surface area contributed by atoms with E-state index >= 15 is 0 Å². The van der Waals surface area contributed by atoms with Gasteiger partial charge in [-0.05, 0) is 43.4 Å². The Morgan fingerprint density at radius 3 is 2.67 bits per heavy atom. The first-order valence-electron chi connectivity index (χ1n) is 9.55. The van der Waals surface area contributed by atoms with Crippen LogP contribution >= 0.6 is 12.2 Å². The van der Waals surface area contributed by atoms with Gasteiger partial charge in [-0.2, -0.15) is 0 Å². The lowest BCUT2D eigenvalue weighted by molar-refractivity contribution is 0.0349. The molecule has 4 rings (SSSR count). The minimum absolute atomic E-state index is 0.0522. The van der Waals surface area contributed by atoms with Crippen molar-refractivity contribution in [1.29, 1.82) is 0 Å². The van der Waals surface area contributed by atoms with E-state index in [4.69, 9.17) is 17.0 Å². The maximum atomic E-state index is 5.75. The number of ether oxygens (including phenoxy) is 1. The van der Waals surface area contributed by atoms with Crippen LogP contribution in [0.1, 0.15) is 29.2 Å². The summed E-state index contributed by atoms with van der Waals surface area (Å²) < 4.78 is 7.73. The lowest BCUT2D eigenvalue weighted by Crippen LogP contribution is -2.42. The van der Waals surface area contributed by atoms with E-state index in [9.17, 15) is 0 Å². The average Bonchev–Trinajstić information content (AvgIpc) is 3.20. The number of pyridine rings is 1. The van der Waals surface area contributed by atoms with E-state index in [-0.39, 0.29) is 12.1 Å². The fourth-order valence-electron chi connectivity index (χ4n) is 3.97. The summed E-state index contributed by atoms with van der Waals surface area (Å²) >= 11 is 5.75. The molecule has 2 aliphatic heterocycles. The number of nitrogens with one attached hydrogen (secondary N) is 1. The van der Waals surface area contributed by atoms with Crippen LogP contribution in [0.15, 0.2) is 36.5 Å². The van der Waals surface area contributed by atoms with Crippen molar-refractivity contribution in [2.24, 2.45) is 7.05 Å². The quantitative estimate of drug-likeness (QED) is 0.795. The Kier molecular flexibility index (Phi) is 5.43. The fourth-order valence-corrected chi connectivity index (χ4v) is 4.30. The third-order valence-corrected chi connectivity index (χ3v) is 6.03. The molecule has 27 heavy (non-hydrogen) atoms.